The standard InChI is InChI=1S/C14H20BrNO2/c1-14(2,3)18-13(17)11-10-7-5-4-6-9(10)8-16-12(11)15/h8,12,16H,4-7H2,1-3H3. The van der Waals surface area contributed by atoms with Gasteiger partial charge in [0.15, 0.2) is 0 Å². The highest BCUT2D eigenvalue weighted by molar-refractivity contribution is 9.09. The fraction of sp³-hybridized carbons (Fsp3) is 0.643. The molecule has 18 heavy (non-hydrogen) atoms. The molecule has 1 atom stereocenters. The van der Waals surface area contributed by atoms with E-state index in [0.29, 0.717) is 0 Å². The zero-order valence-corrected chi connectivity index (χ0v) is 12.8. The van der Waals surface area contributed by atoms with Crippen LogP contribution < -0.4 is 5.32 Å². The van der Waals surface area contributed by atoms with E-state index in [9.17, 15) is 4.79 Å². The summed E-state index contributed by atoms with van der Waals surface area (Å²) in [7, 11) is 0. The zero-order valence-electron chi connectivity index (χ0n) is 11.2. The number of allylic oxidation sites excluding steroid dienone is 2. The van der Waals surface area contributed by atoms with Crippen molar-refractivity contribution in [3.63, 3.8) is 0 Å². The van der Waals surface area contributed by atoms with E-state index in [1.54, 1.807) is 0 Å². The molecular formula is C14H20BrNO2. The molecule has 1 heterocycles. The number of esters is 1. The van der Waals surface area contributed by atoms with Gasteiger partial charge in [-0.15, -0.1) is 0 Å². The molecule has 1 saturated carbocycles. The van der Waals surface area contributed by atoms with Crippen LogP contribution in [-0.2, 0) is 9.53 Å². The third kappa shape index (κ3) is 2.97. The van der Waals surface area contributed by atoms with Gasteiger partial charge in [-0.25, -0.2) is 4.79 Å². The van der Waals surface area contributed by atoms with Gasteiger partial charge in [-0.2, -0.15) is 0 Å². The Morgan fingerprint density at radius 2 is 2.06 bits per heavy atom. The van der Waals surface area contributed by atoms with Crippen LogP contribution in [0.15, 0.2) is 22.9 Å². The normalized spacial score (nSPS) is 24.0. The van der Waals surface area contributed by atoms with Gasteiger partial charge in [-0.3, -0.25) is 0 Å². The van der Waals surface area contributed by atoms with E-state index in [4.69, 9.17) is 4.74 Å². The summed E-state index contributed by atoms with van der Waals surface area (Å²) in [6, 6.07) is 0. The molecule has 2 rings (SSSR count). The number of fused-ring (bicyclic) bond motifs is 1. The number of carbonyl (C=O) groups is 1. The van der Waals surface area contributed by atoms with Crippen LogP contribution in [0.25, 0.3) is 0 Å². The van der Waals surface area contributed by atoms with E-state index in [0.717, 1.165) is 24.8 Å². The third-order valence-corrected chi connectivity index (χ3v) is 3.83. The number of nitrogens with one attached hydrogen (secondary N) is 1. The minimum absolute atomic E-state index is 0.135. The maximum absolute atomic E-state index is 12.3. The molecular weight excluding hydrogens is 294 g/mol. The summed E-state index contributed by atoms with van der Waals surface area (Å²) in [5.74, 6) is -0.209. The topological polar surface area (TPSA) is 38.3 Å². The Kier molecular flexibility index (Phi) is 3.85. The van der Waals surface area contributed by atoms with Crippen LogP contribution in [0.1, 0.15) is 46.5 Å². The van der Waals surface area contributed by atoms with E-state index in [1.165, 1.54) is 17.6 Å². The SMILES string of the molecule is CC(C)(C)OC(=O)C1=C2CCCCC2=CNC1Br. The Morgan fingerprint density at radius 3 is 2.72 bits per heavy atom. The molecule has 0 radical (unpaired) electrons. The first kappa shape index (κ1) is 13.7. The van der Waals surface area contributed by atoms with Gasteiger partial charge in [-0.1, -0.05) is 15.9 Å². The maximum Gasteiger partial charge on any atom is 0.337 e. The molecule has 1 N–H and O–H groups in total. The maximum atomic E-state index is 12.3. The minimum atomic E-state index is -0.451. The molecule has 2 aliphatic rings. The van der Waals surface area contributed by atoms with Crippen molar-refractivity contribution >= 4 is 21.9 Å². The predicted octanol–water partition coefficient (Wildman–Crippen LogP) is 3.41. The van der Waals surface area contributed by atoms with Crippen LogP contribution in [0.4, 0.5) is 0 Å². The fourth-order valence-corrected chi connectivity index (χ4v) is 2.96. The first-order chi connectivity index (χ1) is 8.38. The van der Waals surface area contributed by atoms with E-state index in [-0.39, 0.29) is 10.9 Å². The highest BCUT2D eigenvalue weighted by Crippen LogP contribution is 2.36. The van der Waals surface area contributed by atoms with Crippen molar-refractivity contribution in [1.82, 2.24) is 5.32 Å². The van der Waals surface area contributed by atoms with E-state index in [1.807, 2.05) is 27.0 Å². The molecule has 1 fully saturated rings. The van der Waals surface area contributed by atoms with Crippen molar-refractivity contribution in [2.75, 3.05) is 0 Å². The number of ether oxygens (including phenoxy) is 1. The molecule has 4 heteroatoms. The number of hydrogen-bond acceptors (Lipinski definition) is 3. The van der Waals surface area contributed by atoms with Gasteiger partial charge in [0.05, 0.1) is 5.57 Å². The van der Waals surface area contributed by atoms with E-state index >= 15 is 0 Å². The van der Waals surface area contributed by atoms with Gasteiger partial charge >= 0.3 is 5.97 Å². The fourth-order valence-electron chi connectivity index (χ4n) is 2.37. The van der Waals surface area contributed by atoms with Crippen LogP contribution in [0, 0.1) is 0 Å². The molecule has 0 bridgehead atoms. The highest BCUT2D eigenvalue weighted by Gasteiger charge is 2.31. The number of halogens is 1. The molecule has 0 aromatic heterocycles. The van der Waals surface area contributed by atoms with E-state index < -0.39 is 5.60 Å². The second-order valence-electron chi connectivity index (χ2n) is 5.80. The average Bonchev–Trinajstić information content (AvgIpc) is 2.26. The Bertz CT molecular complexity index is 418. The molecule has 0 aromatic rings. The van der Waals surface area contributed by atoms with Gasteiger partial charge in [-0.05, 0) is 57.6 Å². The molecule has 0 spiro atoms. The Morgan fingerprint density at radius 1 is 1.39 bits per heavy atom. The van der Waals surface area contributed by atoms with Gasteiger partial charge in [0.25, 0.3) is 0 Å². The molecule has 0 amide bonds. The van der Waals surface area contributed by atoms with E-state index in [2.05, 4.69) is 21.2 Å². The zero-order chi connectivity index (χ0) is 13.3. The molecule has 100 valence electrons. The summed E-state index contributed by atoms with van der Waals surface area (Å²) in [4.78, 5) is 12.2. The quantitative estimate of drug-likeness (QED) is 0.458. The number of rotatable bonds is 1. The Balaban J connectivity index is 2.29. The van der Waals surface area contributed by atoms with Gasteiger partial charge in [0.2, 0.25) is 0 Å². The molecule has 1 aliphatic heterocycles. The lowest BCUT2D eigenvalue weighted by atomic mass is 9.85. The van der Waals surface area contributed by atoms with Crippen LogP contribution in [0.5, 0.6) is 0 Å². The van der Waals surface area contributed by atoms with Crippen LogP contribution in [-0.4, -0.2) is 16.5 Å². The van der Waals surface area contributed by atoms with Gasteiger partial charge in [0.1, 0.15) is 10.6 Å². The van der Waals surface area contributed by atoms with Crippen molar-refractivity contribution in [3.8, 4) is 0 Å². The Hall–Kier alpha value is -0.770. The number of carbonyl (C=O) groups excluding carboxylic acids is 1. The Labute approximate surface area is 117 Å². The first-order valence-corrected chi connectivity index (χ1v) is 7.36. The van der Waals surface area contributed by atoms with Crippen molar-refractivity contribution in [3.05, 3.63) is 22.9 Å². The summed E-state index contributed by atoms with van der Waals surface area (Å²) in [5, 5.41) is 3.19. The smallest absolute Gasteiger partial charge is 0.337 e. The van der Waals surface area contributed by atoms with Crippen LogP contribution in [0.3, 0.4) is 0 Å². The lowest BCUT2D eigenvalue weighted by Crippen LogP contribution is -2.35. The average molecular weight is 314 g/mol. The largest absolute Gasteiger partial charge is 0.457 e. The lowest BCUT2D eigenvalue weighted by Gasteiger charge is -2.30. The number of alkyl halides is 1. The summed E-state index contributed by atoms with van der Waals surface area (Å²) in [6.07, 6.45) is 6.41. The predicted molar refractivity (Wildman–Crippen MR) is 75.3 cm³/mol. The summed E-state index contributed by atoms with van der Waals surface area (Å²) in [6.45, 7) is 5.69. The summed E-state index contributed by atoms with van der Waals surface area (Å²) >= 11 is 3.51. The van der Waals surface area contributed by atoms with Gasteiger partial charge in [0, 0.05) is 6.20 Å². The van der Waals surface area contributed by atoms with Crippen molar-refractivity contribution < 1.29 is 9.53 Å². The van der Waals surface area contributed by atoms with Crippen LogP contribution in [0.2, 0.25) is 0 Å². The lowest BCUT2D eigenvalue weighted by molar-refractivity contribution is -0.150. The van der Waals surface area contributed by atoms with Crippen LogP contribution >= 0.6 is 15.9 Å². The molecule has 1 aliphatic carbocycles. The van der Waals surface area contributed by atoms with Crippen molar-refractivity contribution in [2.24, 2.45) is 0 Å². The third-order valence-electron chi connectivity index (χ3n) is 3.11. The second-order valence-corrected chi connectivity index (χ2v) is 6.72. The van der Waals surface area contributed by atoms with Gasteiger partial charge < -0.3 is 10.1 Å². The molecule has 0 saturated heterocycles. The summed E-state index contributed by atoms with van der Waals surface area (Å²) < 4.78 is 5.50. The highest BCUT2D eigenvalue weighted by atomic mass is 79.9. The first-order valence-electron chi connectivity index (χ1n) is 6.44. The number of dihydropyridines is 1. The second kappa shape index (κ2) is 5.08. The summed E-state index contributed by atoms with van der Waals surface area (Å²) in [5.41, 5.74) is 2.74. The number of hydrogen-bond donors (Lipinski definition) is 1. The molecule has 3 nitrogen and oxygen atoms in total. The monoisotopic (exact) mass is 313 g/mol. The molecule has 0 aromatic carbocycles. The van der Waals surface area contributed by atoms with Crippen molar-refractivity contribution in [2.45, 2.75) is 57.0 Å². The minimum Gasteiger partial charge on any atom is -0.457 e. The van der Waals surface area contributed by atoms with Crippen molar-refractivity contribution in [1.29, 1.82) is 0 Å². The molecule has 1 unspecified atom stereocenters.